The van der Waals surface area contributed by atoms with E-state index in [0.717, 1.165) is 15.7 Å². The van der Waals surface area contributed by atoms with Crippen molar-refractivity contribution < 1.29 is 4.79 Å². The van der Waals surface area contributed by atoms with E-state index in [-0.39, 0.29) is 6.03 Å². The summed E-state index contributed by atoms with van der Waals surface area (Å²) in [6.45, 7) is 4.57. The molecule has 0 radical (unpaired) electrons. The molecule has 100 valence electrons. The summed E-state index contributed by atoms with van der Waals surface area (Å²) in [7, 11) is 0. The zero-order chi connectivity index (χ0) is 13.8. The predicted octanol–water partition coefficient (Wildman–Crippen LogP) is 4.45. The minimum absolute atomic E-state index is 0.182. The third-order valence-corrected chi connectivity index (χ3v) is 4.33. The molecule has 0 saturated heterocycles. The summed E-state index contributed by atoms with van der Waals surface area (Å²) in [5.41, 5.74) is 3.06. The quantitative estimate of drug-likeness (QED) is 0.852. The molecule has 0 saturated carbocycles. The Balaban J connectivity index is 1.93. The van der Waals surface area contributed by atoms with Gasteiger partial charge in [0.05, 0.1) is 6.54 Å². The van der Waals surface area contributed by atoms with Gasteiger partial charge in [0.15, 0.2) is 0 Å². The van der Waals surface area contributed by atoms with Gasteiger partial charge in [0.1, 0.15) is 0 Å². The van der Waals surface area contributed by atoms with E-state index < -0.39 is 0 Å². The van der Waals surface area contributed by atoms with Crippen LogP contribution in [-0.2, 0) is 6.54 Å². The van der Waals surface area contributed by atoms with Crippen LogP contribution in [0.3, 0.4) is 0 Å². The van der Waals surface area contributed by atoms with E-state index in [1.54, 1.807) is 11.3 Å². The van der Waals surface area contributed by atoms with Crippen molar-refractivity contribution in [1.82, 2.24) is 5.32 Å². The molecular formula is C14H15BrN2OS. The highest BCUT2D eigenvalue weighted by Gasteiger charge is 2.06. The van der Waals surface area contributed by atoms with E-state index in [2.05, 4.69) is 32.6 Å². The second-order valence-electron chi connectivity index (χ2n) is 4.29. The summed E-state index contributed by atoms with van der Waals surface area (Å²) in [6.07, 6.45) is 0. The molecule has 5 heteroatoms. The number of anilines is 1. The van der Waals surface area contributed by atoms with Crippen LogP contribution in [0.1, 0.15) is 16.0 Å². The molecule has 0 fully saturated rings. The summed E-state index contributed by atoms with van der Waals surface area (Å²) < 4.78 is 1.00. The van der Waals surface area contributed by atoms with Gasteiger partial charge in [-0.25, -0.2) is 4.79 Å². The maximum Gasteiger partial charge on any atom is 0.319 e. The molecule has 0 spiro atoms. The predicted molar refractivity (Wildman–Crippen MR) is 83.8 cm³/mol. The minimum Gasteiger partial charge on any atom is -0.333 e. The summed E-state index contributed by atoms with van der Waals surface area (Å²) in [5, 5.41) is 7.75. The molecule has 2 aromatic rings. The van der Waals surface area contributed by atoms with Crippen molar-refractivity contribution >= 4 is 39.0 Å². The third kappa shape index (κ3) is 3.81. The molecule has 19 heavy (non-hydrogen) atoms. The number of amides is 2. The second-order valence-corrected chi connectivity index (χ2v) is 6.21. The summed E-state index contributed by atoms with van der Waals surface area (Å²) >= 11 is 5.05. The van der Waals surface area contributed by atoms with Crippen molar-refractivity contribution in [3.63, 3.8) is 0 Å². The first kappa shape index (κ1) is 14.1. The molecule has 2 rings (SSSR count). The lowest BCUT2D eigenvalue weighted by atomic mass is 10.2. The number of hydrogen-bond donors (Lipinski definition) is 2. The lowest BCUT2D eigenvalue weighted by Gasteiger charge is -2.10. The number of nitrogens with one attached hydrogen (secondary N) is 2. The smallest absolute Gasteiger partial charge is 0.319 e. The Labute approximate surface area is 125 Å². The topological polar surface area (TPSA) is 41.1 Å². The highest BCUT2D eigenvalue weighted by molar-refractivity contribution is 9.10. The molecule has 2 amide bonds. The van der Waals surface area contributed by atoms with Crippen LogP contribution < -0.4 is 10.6 Å². The number of urea groups is 1. The minimum atomic E-state index is -0.182. The molecule has 1 heterocycles. The van der Waals surface area contributed by atoms with Crippen LogP contribution in [0.15, 0.2) is 34.1 Å². The van der Waals surface area contributed by atoms with Gasteiger partial charge in [0.2, 0.25) is 0 Å². The lowest BCUT2D eigenvalue weighted by molar-refractivity contribution is 0.252. The Bertz CT molecular complexity index is 595. The molecule has 0 atom stereocenters. The molecule has 0 bridgehead atoms. The fourth-order valence-electron chi connectivity index (χ4n) is 1.68. The van der Waals surface area contributed by atoms with Gasteiger partial charge in [-0.05, 0) is 54.6 Å². The first-order valence-electron chi connectivity index (χ1n) is 5.90. The SMILES string of the molecule is Cc1cc(Br)ccc1NC(=O)NCc1sccc1C. The molecule has 0 unspecified atom stereocenters. The van der Waals surface area contributed by atoms with Crippen molar-refractivity contribution in [2.45, 2.75) is 20.4 Å². The normalized spacial score (nSPS) is 10.3. The zero-order valence-corrected chi connectivity index (χ0v) is 13.2. The summed E-state index contributed by atoms with van der Waals surface area (Å²) in [5.74, 6) is 0. The summed E-state index contributed by atoms with van der Waals surface area (Å²) in [6, 6.07) is 7.64. The van der Waals surface area contributed by atoms with E-state index in [1.807, 2.05) is 37.4 Å². The number of thiophene rings is 1. The fraction of sp³-hybridized carbons (Fsp3) is 0.214. The van der Waals surface area contributed by atoms with E-state index in [0.29, 0.717) is 6.54 Å². The van der Waals surface area contributed by atoms with Crippen molar-refractivity contribution in [2.24, 2.45) is 0 Å². The molecular weight excluding hydrogens is 324 g/mol. The highest BCUT2D eigenvalue weighted by Crippen LogP contribution is 2.20. The fourth-order valence-corrected chi connectivity index (χ4v) is 3.00. The maximum atomic E-state index is 11.8. The van der Waals surface area contributed by atoms with Crippen LogP contribution in [-0.4, -0.2) is 6.03 Å². The van der Waals surface area contributed by atoms with Crippen LogP contribution in [0, 0.1) is 13.8 Å². The highest BCUT2D eigenvalue weighted by atomic mass is 79.9. The number of halogens is 1. The Kier molecular flexibility index (Phi) is 4.61. The van der Waals surface area contributed by atoms with E-state index in [9.17, 15) is 4.79 Å². The third-order valence-electron chi connectivity index (χ3n) is 2.81. The summed E-state index contributed by atoms with van der Waals surface area (Å²) in [4.78, 5) is 13.0. The van der Waals surface area contributed by atoms with Gasteiger partial charge < -0.3 is 10.6 Å². The first-order valence-corrected chi connectivity index (χ1v) is 7.57. The number of aryl methyl sites for hydroxylation is 2. The van der Waals surface area contributed by atoms with Crippen molar-refractivity contribution in [2.75, 3.05) is 5.32 Å². The average molecular weight is 339 g/mol. The van der Waals surface area contributed by atoms with Gasteiger partial charge in [-0.3, -0.25) is 0 Å². The lowest BCUT2D eigenvalue weighted by Crippen LogP contribution is -2.28. The van der Waals surface area contributed by atoms with E-state index >= 15 is 0 Å². The van der Waals surface area contributed by atoms with E-state index in [1.165, 1.54) is 10.4 Å². The second kappa shape index (κ2) is 6.21. The monoisotopic (exact) mass is 338 g/mol. The zero-order valence-electron chi connectivity index (χ0n) is 10.8. The Morgan fingerprint density at radius 1 is 1.26 bits per heavy atom. The molecule has 0 aliphatic carbocycles. The van der Waals surface area contributed by atoms with Crippen LogP contribution >= 0.6 is 27.3 Å². The number of carbonyl (C=O) groups is 1. The standard InChI is InChI=1S/C14H15BrN2OS/c1-9-5-6-19-13(9)8-16-14(18)17-12-4-3-11(15)7-10(12)2/h3-7H,8H2,1-2H3,(H2,16,17,18). The van der Waals surface area contributed by atoms with Gasteiger partial charge in [-0.1, -0.05) is 15.9 Å². The van der Waals surface area contributed by atoms with Crippen LogP contribution in [0.5, 0.6) is 0 Å². The van der Waals surface area contributed by atoms with E-state index in [4.69, 9.17) is 0 Å². The molecule has 1 aromatic carbocycles. The van der Waals surface area contributed by atoms with Crippen LogP contribution in [0.25, 0.3) is 0 Å². The van der Waals surface area contributed by atoms with Crippen LogP contribution in [0.2, 0.25) is 0 Å². The van der Waals surface area contributed by atoms with Gasteiger partial charge in [0.25, 0.3) is 0 Å². The van der Waals surface area contributed by atoms with Gasteiger partial charge in [-0.2, -0.15) is 0 Å². The maximum absolute atomic E-state index is 11.8. The van der Waals surface area contributed by atoms with Gasteiger partial charge in [0, 0.05) is 15.0 Å². The van der Waals surface area contributed by atoms with Crippen LogP contribution in [0.4, 0.5) is 10.5 Å². The number of rotatable bonds is 3. The Morgan fingerprint density at radius 3 is 2.68 bits per heavy atom. The Morgan fingerprint density at radius 2 is 2.05 bits per heavy atom. The van der Waals surface area contributed by atoms with Crippen molar-refractivity contribution in [3.8, 4) is 0 Å². The molecule has 3 nitrogen and oxygen atoms in total. The van der Waals surface area contributed by atoms with Crippen molar-refractivity contribution in [1.29, 1.82) is 0 Å². The first-order chi connectivity index (χ1) is 9.06. The van der Waals surface area contributed by atoms with Crippen molar-refractivity contribution in [3.05, 3.63) is 50.1 Å². The molecule has 0 aliphatic rings. The molecule has 0 aliphatic heterocycles. The average Bonchev–Trinajstić information content (AvgIpc) is 2.76. The number of hydrogen-bond acceptors (Lipinski definition) is 2. The molecule has 1 aromatic heterocycles. The van der Waals surface area contributed by atoms with Gasteiger partial charge in [-0.15, -0.1) is 11.3 Å². The molecule has 2 N–H and O–H groups in total. The van der Waals surface area contributed by atoms with Gasteiger partial charge >= 0.3 is 6.03 Å². The largest absolute Gasteiger partial charge is 0.333 e. The number of benzene rings is 1. The number of carbonyl (C=O) groups excluding carboxylic acids is 1. The Hall–Kier alpha value is -1.33.